The first-order chi connectivity index (χ1) is 8.15. The monoisotopic (exact) mass is 241 g/mol. The standard InChI is InChI=1S/C15H31NO/c1-12(2)16-10-14-8-6-5-7-9-15(14)13(3)11-17-4/h12-16H,5-11H2,1-4H3. The van der Waals surface area contributed by atoms with Gasteiger partial charge in [-0.2, -0.15) is 0 Å². The summed E-state index contributed by atoms with van der Waals surface area (Å²) in [5, 5.41) is 3.63. The lowest BCUT2D eigenvalue weighted by atomic mass is 9.79. The maximum Gasteiger partial charge on any atom is 0.0490 e. The van der Waals surface area contributed by atoms with E-state index in [4.69, 9.17) is 4.74 Å². The number of ether oxygens (including phenoxy) is 1. The minimum atomic E-state index is 0.608. The summed E-state index contributed by atoms with van der Waals surface area (Å²) >= 11 is 0. The van der Waals surface area contributed by atoms with Crippen LogP contribution in [0.5, 0.6) is 0 Å². The second kappa shape index (κ2) is 8.10. The fraction of sp³-hybridized carbons (Fsp3) is 1.00. The van der Waals surface area contributed by atoms with Crippen LogP contribution in [0.15, 0.2) is 0 Å². The third kappa shape index (κ3) is 5.39. The molecular weight excluding hydrogens is 210 g/mol. The minimum Gasteiger partial charge on any atom is -0.384 e. The summed E-state index contributed by atoms with van der Waals surface area (Å²) in [6, 6.07) is 0.608. The number of rotatable bonds is 6. The van der Waals surface area contributed by atoms with Gasteiger partial charge in [0.25, 0.3) is 0 Å². The molecule has 1 aliphatic carbocycles. The quantitative estimate of drug-likeness (QED) is 0.719. The van der Waals surface area contributed by atoms with Gasteiger partial charge in [-0.25, -0.2) is 0 Å². The van der Waals surface area contributed by atoms with Crippen LogP contribution in [0, 0.1) is 17.8 Å². The lowest BCUT2D eigenvalue weighted by molar-refractivity contribution is 0.100. The van der Waals surface area contributed by atoms with E-state index < -0.39 is 0 Å². The van der Waals surface area contributed by atoms with Gasteiger partial charge in [-0.3, -0.25) is 0 Å². The highest BCUT2D eigenvalue weighted by molar-refractivity contribution is 4.80. The van der Waals surface area contributed by atoms with E-state index in [-0.39, 0.29) is 0 Å². The fourth-order valence-electron chi connectivity index (χ4n) is 3.19. The number of nitrogens with one attached hydrogen (secondary N) is 1. The number of methoxy groups -OCH3 is 1. The summed E-state index contributed by atoms with van der Waals surface area (Å²) < 4.78 is 5.35. The van der Waals surface area contributed by atoms with Gasteiger partial charge in [0.2, 0.25) is 0 Å². The third-order valence-corrected chi connectivity index (χ3v) is 4.17. The maximum atomic E-state index is 5.35. The summed E-state index contributed by atoms with van der Waals surface area (Å²) in [7, 11) is 1.83. The molecule has 2 heteroatoms. The van der Waals surface area contributed by atoms with Gasteiger partial charge in [0.15, 0.2) is 0 Å². The van der Waals surface area contributed by atoms with E-state index in [1.807, 2.05) is 7.11 Å². The molecule has 0 heterocycles. The molecule has 1 N–H and O–H groups in total. The topological polar surface area (TPSA) is 21.3 Å². The van der Waals surface area contributed by atoms with E-state index in [2.05, 4.69) is 26.1 Å². The van der Waals surface area contributed by atoms with E-state index in [9.17, 15) is 0 Å². The lowest BCUT2D eigenvalue weighted by Gasteiger charge is -2.31. The van der Waals surface area contributed by atoms with Crippen molar-refractivity contribution in [2.45, 2.75) is 58.9 Å². The van der Waals surface area contributed by atoms with E-state index in [0.717, 1.165) is 18.4 Å². The third-order valence-electron chi connectivity index (χ3n) is 4.17. The van der Waals surface area contributed by atoms with Crippen molar-refractivity contribution in [3.8, 4) is 0 Å². The Bertz CT molecular complexity index is 193. The van der Waals surface area contributed by atoms with Crippen molar-refractivity contribution in [3.05, 3.63) is 0 Å². The SMILES string of the molecule is COCC(C)C1CCCCCC1CNC(C)C. The average Bonchev–Trinajstić information content (AvgIpc) is 2.51. The summed E-state index contributed by atoms with van der Waals surface area (Å²) in [5.41, 5.74) is 0. The van der Waals surface area contributed by atoms with Crippen LogP contribution in [-0.2, 0) is 4.74 Å². The van der Waals surface area contributed by atoms with Crippen LogP contribution in [0.25, 0.3) is 0 Å². The van der Waals surface area contributed by atoms with E-state index in [0.29, 0.717) is 12.0 Å². The Morgan fingerprint density at radius 3 is 2.47 bits per heavy atom. The predicted molar refractivity (Wildman–Crippen MR) is 74.2 cm³/mol. The molecule has 1 saturated carbocycles. The highest BCUT2D eigenvalue weighted by Crippen LogP contribution is 2.33. The van der Waals surface area contributed by atoms with E-state index in [1.165, 1.54) is 38.6 Å². The van der Waals surface area contributed by atoms with E-state index >= 15 is 0 Å². The predicted octanol–water partition coefficient (Wildman–Crippen LogP) is 3.46. The maximum absolute atomic E-state index is 5.35. The summed E-state index contributed by atoms with van der Waals surface area (Å²) in [4.78, 5) is 0. The Morgan fingerprint density at radius 2 is 1.82 bits per heavy atom. The first kappa shape index (κ1) is 15.0. The van der Waals surface area contributed by atoms with Gasteiger partial charge in [-0.15, -0.1) is 0 Å². The normalized spacial score (nSPS) is 28.1. The van der Waals surface area contributed by atoms with Crippen molar-refractivity contribution < 1.29 is 4.74 Å². The Labute approximate surface area is 108 Å². The van der Waals surface area contributed by atoms with Gasteiger partial charge in [0.1, 0.15) is 0 Å². The molecule has 1 fully saturated rings. The zero-order valence-electron chi connectivity index (χ0n) is 12.2. The smallest absolute Gasteiger partial charge is 0.0490 e. The molecule has 0 aromatic rings. The summed E-state index contributed by atoms with van der Waals surface area (Å²) in [6.45, 7) is 8.95. The number of hydrogen-bond acceptors (Lipinski definition) is 2. The van der Waals surface area contributed by atoms with E-state index in [1.54, 1.807) is 0 Å². The van der Waals surface area contributed by atoms with Gasteiger partial charge in [0, 0.05) is 19.8 Å². The average molecular weight is 241 g/mol. The first-order valence-electron chi connectivity index (χ1n) is 7.37. The van der Waals surface area contributed by atoms with Gasteiger partial charge in [-0.05, 0) is 37.1 Å². The van der Waals surface area contributed by atoms with Gasteiger partial charge < -0.3 is 10.1 Å². The Kier molecular flexibility index (Phi) is 7.14. The minimum absolute atomic E-state index is 0.608. The second-order valence-electron chi connectivity index (χ2n) is 6.06. The zero-order chi connectivity index (χ0) is 12.7. The molecule has 3 atom stereocenters. The van der Waals surface area contributed by atoms with Crippen LogP contribution in [0.2, 0.25) is 0 Å². The van der Waals surface area contributed by atoms with Crippen LogP contribution in [-0.4, -0.2) is 26.3 Å². The Hall–Kier alpha value is -0.0800. The molecule has 0 spiro atoms. The van der Waals surface area contributed by atoms with Crippen LogP contribution >= 0.6 is 0 Å². The molecule has 3 unspecified atom stereocenters. The fourth-order valence-corrected chi connectivity index (χ4v) is 3.19. The molecule has 102 valence electrons. The molecule has 0 amide bonds. The van der Waals surface area contributed by atoms with Crippen molar-refractivity contribution in [3.63, 3.8) is 0 Å². The van der Waals surface area contributed by atoms with Crippen molar-refractivity contribution in [1.29, 1.82) is 0 Å². The van der Waals surface area contributed by atoms with Crippen LogP contribution in [0.1, 0.15) is 52.9 Å². The Morgan fingerprint density at radius 1 is 1.12 bits per heavy atom. The van der Waals surface area contributed by atoms with Gasteiger partial charge in [0.05, 0.1) is 0 Å². The largest absolute Gasteiger partial charge is 0.384 e. The molecule has 0 aromatic carbocycles. The van der Waals surface area contributed by atoms with Crippen molar-refractivity contribution in [2.24, 2.45) is 17.8 Å². The lowest BCUT2D eigenvalue weighted by Crippen LogP contribution is -2.35. The van der Waals surface area contributed by atoms with Gasteiger partial charge >= 0.3 is 0 Å². The molecule has 0 saturated heterocycles. The first-order valence-corrected chi connectivity index (χ1v) is 7.37. The molecular formula is C15H31NO. The van der Waals surface area contributed by atoms with Gasteiger partial charge in [-0.1, -0.05) is 40.0 Å². The second-order valence-corrected chi connectivity index (χ2v) is 6.06. The van der Waals surface area contributed by atoms with Crippen molar-refractivity contribution in [2.75, 3.05) is 20.3 Å². The molecule has 0 aromatic heterocycles. The molecule has 0 radical (unpaired) electrons. The summed E-state index contributed by atoms with van der Waals surface area (Å²) in [5.74, 6) is 2.41. The number of hydrogen-bond donors (Lipinski definition) is 1. The van der Waals surface area contributed by atoms with Crippen LogP contribution in [0.4, 0.5) is 0 Å². The zero-order valence-corrected chi connectivity index (χ0v) is 12.2. The highest BCUT2D eigenvalue weighted by atomic mass is 16.5. The highest BCUT2D eigenvalue weighted by Gasteiger charge is 2.28. The van der Waals surface area contributed by atoms with Crippen LogP contribution in [0.3, 0.4) is 0 Å². The molecule has 0 aliphatic heterocycles. The summed E-state index contributed by atoms with van der Waals surface area (Å²) in [6.07, 6.45) is 7.05. The Balaban J connectivity index is 2.52. The van der Waals surface area contributed by atoms with Crippen molar-refractivity contribution in [1.82, 2.24) is 5.32 Å². The molecule has 0 bridgehead atoms. The van der Waals surface area contributed by atoms with Crippen molar-refractivity contribution >= 4 is 0 Å². The molecule has 1 rings (SSSR count). The molecule has 1 aliphatic rings. The molecule has 17 heavy (non-hydrogen) atoms. The molecule has 2 nitrogen and oxygen atoms in total. The van der Waals surface area contributed by atoms with Crippen LogP contribution < -0.4 is 5.32 Å².